The lowest BCUT2D eigenvalue weighted by atomic mass is 9.60. The Morgan fingerprint density at radius 3 is 2.86 bits per heavy atom. The Morgan fingerprint density at radius 2 is 2.29 bits per heavy atom. The number of hydrogen-bond acceptors (Lipinski definition) is 2. The molecule has 80 valence electrons. The van der Waals surface area contributed by atoms with E-state index in [1.165, 1.54) is 6.42 Å². The minimum atomic E-state index is -0.578. The van der Waals surface area contributed by atoms with Crippen LogP contribution >= 0.6 is 0 Å². The molecule has 1 saturated carbocycles. The maximum atomic E-state index is 11.3. The van der Waals surface area contributed by atoms with Gasteiger partial charge in [-0.25, -0.2) is 0 Å². The van der Waals surface area contributed by atoms with Gasteiger partial charge in [0.1, 0.15) is 0 Å². The van der Waals surface area contributed by atoms with Gasteiger partial charge in [0.2, 0.25) is 0 Å². The zero-order valence-electron chi connectivity index (χ0n) is 8.99. The molecule has 3 nitrogen and oxygen atoms in total. The molecule has 0 amide bonds. The normalized spacial score (nSPS) is 43.6. The van der Waals surface area contributed by atoms with Gasteiger partial charge in [0.05, 0.1) is 5.92 Å². The van der Waals surface area contributed by atoms with Crippen LogP contribution in [0.1, 0.15) is 26.2 Å². The molecule has 14 heavy (non-hydrogen) atoms. The summed E-state index contributed by atoms with van der Waals surface area (Å²) in [5.74, 6) is -0.303. The average molecular weight is 197 g/mol. The number of piperidine rings is 1. The summed E-state index contributed by atoms with van der Waals surface area (Å²) in [6.45, 7) is 4.06. The number of nitrogens with zero attached hydrogens (tertiary/aromatic N) is 1. The molecule has 0 spiro atoms. The van der Waals surface area contributed by atoms with Crippen LogP contribution in [0.3, 0.4) is 0 Å². The van der Waals surface area contributed by atoms with Crippen LogP contribution < -0.4 is 0 Å². The zero-order chi connectivity index (χ0) is 10.3. The fourth-order valence-electron chi connectivity index (χ4n) is 3.61. The SMILES string of the molecule is CN1CC2CCCC(C)(C1)C2C(=O)O. The van der Waals surface area contributed by atoms with Gasteiger partial charge in [-0.05, 0) is 31.2 Å². The smallest absolute Gasteiger partial charge is 0.307 e. The number of likely N-dealkylation sites (tertiary alicyclic amines) is 1. The van der Waals surface area contributed by atoms with E-state index < -0.39 is 5.97 Å². The summed E-state index contributed by atoms with van der Waals surface area (Å²) in [6.07, 6.45) is 3.38. The molecule has 1 N–H and O–H groups in total. The third kappa shape index (κ3) is 1.44. The highest BCUT2D eigenvalue weighted by atomic mass is 16.4. The van der Waals surface area contributed by atoms with E-state index in [-0.39, 0.29) is 11.3 Å². The average Bonchev–Trinajstić information content (AvgIpc) is 1.99. The monoisotopic (exact) mass is 197 g/mol. The van der Waals surface area contributed by atoms with Gasteiger partial charge in [-0.3, -0.25) is 4.79 Å². The third-order valence-corrected chi connectivity index (χ3v) is 3.99. The Morgan fingerprint density at radius 1 is 1.57 bits per heavy atom. The molecule has 0 aromatic carbocycles. The maximum absolute atomic E-state index is 11.3. The first kappa shape index (κ1) is 9.97. The maximum Gasteiger partial charge on any atom is 0.307 e. The van der Waals surface area contributed by atoms with Crippen LogP contribution in [0.25, 0.3) is 0 Å². The first-order valence-electron chi connectivity index (χ1n) is 5.44. The van der Waals surface area contributed by atoms with Gasteiger partial charge >= 0.3 is 5.97 Å². The van der Waals surface area contributed by atoms with Crippen molar-refractivity contribution in [3.8, 4) is 0 Å². The summed E-state index contributed by atoms with van der Waals surface area (Å²) in [4.78, 5) is 13.6. The molecule has 2 aliphatic rings. The molecule has 2 bridgehead atoms. The van der Waals surface area contributed by atoms with E-state index >= 15 is 0 Å². The van der Waals surface area contributed by atoms with Crippen LogP contribution in [-0.4, -0.2) is 36.1 Å². The summed E-state index contributed by atoms with van der Waals surface area (Å²) in [7, 11) is 2.11. The summed E-state index contributed by atoms with van der Waals surface area (Å²) in [6, 6.07) is 0. The van der Waals surface area contributed by atoms with Crippen LogP contribution in [0, 0.1) is 17.3 Å². The topological polar surface area (TPSA) is 40.5 Å². The van der Waals surface area contributed by atoms with Crippen molar-refractivity contribution < 1.29 is 9.90 Å². The van der Waals surface area contributed by atoms with E-state index in [2.05, 4.69) is 18.9 Å². The van der Waals surface area contributed by atoms with Crippen molar-refractivity contribution in [3.63, 3.8) is 0 Å². The first-order chi connectivity index (χ1) is 6.53. The van der Waals surface area contributed by atoms with Crippen molar-refractivity contribution in [2.24, 2.45) is 17.3 Å². The van der Waals surface area contributed by atoms with E-state index in [4.69, 9.17) is 0 Å². The largest absolute Gasteiger partial charge is 0.481 e. The highest BCUT2D eigenvalue weighted by molar-refractivity contribution is 5.72. The molecule has 1 aliphatic heterocycles. The van der Waals surface area contributed by atoms with E-state index in [9.17, 15) is 9.90 Å². The number of carbonyl (C=O) groups is 1. The van der Waals surface area contributed by atoms with Gasteiger partial charge in [0.25, 0.3) is 0 Å². The molecule has 0 radical (unpaired) electrons. The van der Waals surface area contributed by atoms with Crippen LogP contribution in [-0.2, 0) is 4.79 Å². The van der Waals surface area contributed by atoms with Crippen LogP contribution in [0.4, 0.5) is 0 Å². The van der Waals surface area contributed by atoms with Gasteiger partial charge < -0.3 is 10.0 Å². The summed E-state index contributed by atoms with van der Waals surface area (Å²) in [5.41, 5.74) is 0.0156. The van der Waals surface area contributed by atoms with Crippen LogP contribution in [0.15, 0.2) is 0 Å². The van der Waals surface area contributed by atoms with Crippen LogP contribution in [0.5, 0.6) is 0 Å². The first-order valence-corrected chi connectivity index (χ1v) is 5.44. The Hall–Kier alpha value is -0.570. The second-order valence-corrected chi connectivity index (χ2v) is 5.32. The molecular weight excluding hydrogens is 178 g/mol. The van der Waals surface area contributed by atoms with E-state index in [0.29, 0.717) is 5.92 Å². The van der Waals surface area contributed by atoms with Crippen molar-refractivity contribution in [2.45, 2.75) is 26.2 Å². The second-order valence-electron chi connectivity index (χ2n) is 5.32. The lowest BCUT2D eigenvalue weighted by Gasteiger charge is -2.51. The number of carboxylic acid groups (broad SMARTS) is 1. The fraction of sp³-hybridized carbons (Fsp3) is 0.909. The molecule has 3 heteroatoms. The predicted molar refractivity (Wildman–Crippen MR) is 54.1 cm³/mol. The number of aliphatic carboxylic acids is 1. The summed E-state index contributed by atoms with van der Waals surface area (Å²) in [5, 5.41) is 9.28. The second kappa shape index (κ2) is 3.23. The minimum absolute atomic E-state index is 0.0156. The molecule has 2 fully saturated rings. The lowest BCUT2D eigenvalue weighted by molar-refractivity contribution is -0.157. The number of rotatable bonds is 1. The Bertz CT molecular complexity index is 254. The van der Waals surface area contributed by atoms with Crippen molar-refractivity contribution >= 4 is 5.97 Å². The minimum Gasteiger partial charge on any atom is -0.481 e. The molecule has 0 aromatic heterocycles. The van der Waals surface area contributed by atoms with Crippen molar-refractivity contribution in [1.82, 2.24) is 4.90 Å². The molecule has 0 aromatic rings. The molecule has 2 rings (SSSR count). The van der Waals surface area contributed by atoms with Crippen molar-refractivity contribution in [1.29, 1.82) is 0 Å². The van der Waals surface area contributed by atoms with E-state index in [1.54, 1.807) is 0 Å². The number of fused-ring (bicyclic) bond motifs is 2. The lowest BCUT2D eigenvalue weighted by Crippen LogP contribution is -2.55. The van der Waals surface area contributed by atoms with Gasteiger partial charge in [0.15, 0.2) is 0 Å². The molecule has 3 atom stereocenters. The quantitative estimate of drug-likeness (QED) is 0.691. The fourth-order valence-corrected chi connectivity index (χ4v) is 3.61. The molecule has 1 heterocycles. The summed E-state index contributed by atoms with van der Waals surface area (Å²) >= 11 is 0. The van der Waals surface area contributed by atoms with Crippen LogP contribution in [0.2, 0.25) is 0 Å². The zero-order valence-corrected chi connectivity index (χ0v) is 8.99. The molecule has 1 saturated heterocycles. The van der Waals surface area contributed by atoms with Gasteiger partial charge in [-0.15, -0.1) is 0 Å². The van der Waals surface area contributed by atoms with Crippen molar-refractivity contribution in [3.05, 3.63) is 0 Å². The number of carboxylic acids is 1. The third-order valence-electron chi connectivity index (χ3n) is 3.99. The van der Waals surface area contributed by atoms with Gasteiger partial charge in [-0.1, -0.05) is 13.3 Å². The van der Waals surface area contributed by atoms with E-state index in [1.807, 2.05) is 0 Å². The molecular formula is C11H19NO2. The molecule has 1 aliphatic carbocycles. The molecule has 3 unspecified atom stereocenters. The number of hydrogen-bond donors (Lipinski definition) is 1. The standard InChI is InChI=1S/C11H19NO2/c1-11-5-3-4-8(6-12(2)7-11)9(11)10(13)14/h8-9H,3-7H2,1-2H3,(H,13,14). The Kier molecular flexibility index (Phi) is 2.30. The van der Waals surface area contributed by atoms with Gasteiger partial charge in [0, 0.05) is 13.1 Å². The predicted octanol–water partition coefficient (Wildman–Crippen LogP) is 1.44. The van der Waals surface area contributed by atoms with E-state index in [0.717, 1.165) is 25.9 Å². The highest BCUT2D eigenvalue weighted by Gasteiger charge is 2.50. The summed E-state index contributed by atoms with van der Waals surface area (Å²) < 4.78 is 0. The Labute approximate surface area is 85.1 Å². The highest BCUT2D eigenvalue weighted by Crippen LogP contribution is 2.48. The Balaban J connectivity index is 2.27. The van der Waals surface area contributed by atoms with Crippen molar-refractivity contribution in [2.75, 3.05) is 20.1 Å². The van der Waals surface area contributed by atoms with Gasteiger partial charge in [-0.2, -0.15) is 0 Å².